The minimum absolute atomic E-state index is 0.430. The van der Waals surface area contributed by atoms with Gasteiger partial charge in [-0.15, -0.1) is 0 Å². The molecule has 5 nitrogen and oxygen atoms in total. The molecule has 5 heteroatoms. The topological polar surface area (TPSA) is 69.2 Å². The number of methoxy groups -OCH3 is 2. The van der Waals surface area contributed by atoms with Gasteiger partial charge in [-0.3, -0.25) is 0 Å². The molecule has 0 amide bonds. The summed E-state index contributed by atoms with van der Waals surface area (Å²) in [5.41, 5.74) is 5.39. The smallest absolute Gasteiger partial charge is 0.279 e. The normalized spacial score (nSPS) is 10.8. The minimum atomic E-state index is -1.02. The number of rotatable bonds is 6. The lowest BCUT2D eigenvalue weighted by Crippen LogP contribution is -2.33. The largest absolute Gasteiger partial charge is 0.334 e. The molecule has 13 heavy (non-hydrogen) atoms. The van der Waals surface area contributed by atoms with Crippen LogP contribution in [0.2, 0.25) is 0 Å². The maximum absolute atomic E-state index is 5.39. The Balaban J connectivity index is 4.46. The molecular formula is C8H17N3O2. The second kappa shape index (κ2) is 6.74. The Morgan fingerprint density at radius 3 is 2.38 bits per heavy atom. The molecule has 0 aromatic carbocycles. The van der Waals surface area contributed by atoms with Crippen molar-refractivity contribution in [2.24, 2.45) is 15.7 Å². The van der Waals surface area contributed by atoms with Gasteiger partial charge < -0.3 is 15.2 Å². The molecule has 2 N–H and O–H groups in total. The molecule has 0 fully saturated rings. The highest BCUT2D eigenvalue weighted by Gasteiger charge is 2.27. The monoisotopic (exact) mass is 187 g/mol. The maximum atomic E-state index is 5.39. The second-order valence-electron chi connectivity index (χ2n) is 2.35. The Bertz CT molecular complexity index is 184. The highest BCUT2D eigenvalue weighted by molar-refractivity contribution is 5.41. The summed E-state index contributed by atoms with van der Waals surface area (Å²) < 4.78 is 10.2. The van der Waals surface area contributed by atoms with Gasteiger partial charge in [-0.05, 0) is 13.5 Å². The summed E-state index contributed by atoms with van der Waals surface area (Å²) in [4.78, 5) is 7.75. The molecule has 0 saturated carbocycles. The summed E-state index contributed by atoms with van der Waals surface area (Å²) in [5, 5.41) is 0. The van der Waals surface area contributed by atoms with E-state index in [0.717, 1.165) is 0 Å². The fourth-order valence-electron chi connectivity index (χ4n) is 0.799. The van der Waals surface area contributed by atoms with Crippen LogP contribution >= 0.6 is 0 Å². The highest BCUT2D eigenvalue weighted by Crippen LogP contribution is 2.15. The number of nitrogens with zero attached hydrogens (tertiary/aromatic N) is 2. The fraction of sp³-hybridized carbons (Fsp3) is 0.875. The van der Waals surface area contributed by atoms with E-state index in [0.29, 0.717) is 19.5 Å². The van der Waals surface area contributed by atoms with E-state index in [-0.39, 0.29) is 0 Å². The van der Waals surface area contributed by atoms with Crippen LogP contribution in [-0.2, 0) is 9.47 Å². The molecule has 0 heterocycles. The molecule has 0 saturated heterocycles. The molecule has 0 aromatic rings. The molecule has 0 aliphatic carbocycles. The molecule has 76 valence electrons. The average molecular weight is 187 g/mol. The van der Waals surface area contributed by atoms with Crippen LogP contribution in [0.3, 0.4) is 0 Å². The number of aliphatic imine (C=N–C) groups is 2. The number of hydrogen-bond acceptors (Lipinski definition) is 5. The van der Waals surface area contributed by atoms with Gasteiger partial charge in [-0.25, -0.2) is 4.99 Å². The zero-order valence-corrected chi connectivity index (χ0v) is 8.41. The molecule has 0 aromatic heterocycles. The van der Waals surface area contributed by atoms with Crippen LogP contribution < -0.4 is 5.73 Å². The fourth-order valence-corrected chi connectivity index (χ4v) is 0.799. The van der Waals surface area contributed by atoms with E-state index in [1.54, 1.807) is 0 Å². The molecule has 0 rings (SSSR count). The summed E-state index contributed by atoms with van der Waals surface area (Å²) >= 11 is 0. The van der Waals surface area contributed by atoms with Crippen LogP contribution in [0.5, 0.6) is 0 Å². The zero-order chi connectivity index (χ0) is 10.2. The van der Waals surface area contributed by atoms with Crippen LogP contribution in [0.4, 0.5) is 0 Å². The van der Waals surface area contributed by atoms with Crippen molar-refractivity contribution in [2.45, 2.75) is 19.3 Å². The number of ether oxygens (including phenoxy) is 2. The van der Waals surface area contributed by atoms with Gasteiger partial charge in [0, 0.05) is 27.2 Å². The van der Waals surface area contributed by atoms with Crippen molar-refractivity contribution in [3.05, 3.63) is 0 Å². The third kappa shape index (κ3) is 4.15. The Morgan fingerprint density at radius 1 is 1.38 bits per heavy atom. The van der Waals surface area contributed by atoms with Crippen molar-refractivity contribution in [1.29, 1.82) is 0 Å². The van der Waals surface area contributed by atoms with E-state index in [4.69, 9.17) is 15.2 Å². The van der Waals surface area contributed by atoms with E-state index in [1.807, 2.05) is 6.92 Å². The van der Waals surface area contributed by atoms with Crippen LogP contribution in [0.1, 0.15) is 13.3 Å². The first-order chi connectivity index (χ1) is 6.24. The lowest BCUT2D eigenvalue weighted by molar-refractivity contribution is -0.202. The van der Waals surface area contributed by atoms with E-state index < -0.39 is 5.91 Å². The quantitative estimate of drug-likeness (QED) is 0.485. The summed E-state index contributed by atoms with van der Waals surface area (Å²) in [7, 11) is 3.02. The molecule has 0 aliphatic heterocycles. The summed E-state index contributed by atoms with van der Waals surface area (Å²) in [6, 6.07) is 2.51. The third-order valence-corrected chi connectivity index (χ3v) is 1.55. The molecule has 0 atom stereocenters. The first-order valence-electron chi connectivity index (χ1n) is 4.18. The van der Waals surface area contributed by atoms with Gasteiger partial charge in [0.2, 0.25) is 0 Å². The van der Waals surface area contributed by atoms with Gasteiger partial charge in [0.1, 0.15) is 0 Å². The van der Waals surface area contributed by atoms with E-state index >= 15 is 0 Å². The van der Waals surface area contributed by atoms with Crippen molar-refractivity contribution in [1.82, 2.24) is 0 Å². The predicted octanol–water partition coefficient (Wildman–Crippen LogP) is 0.476. The first-order valence-corrected chi connectivity index (χ1v) is 4.18. The van der Waals surface area contributed by atoms with Crippen molar-refractivity contribution < 1.29 is 9.47 Å². The Kier molecular flexibility index (Phi) is 6.36. The van der Waals surface area contributed by atoms with Crippen molar-refractivity contribution in [3.8, 4) is 0 Å². The molecular weight excluding hydrogens is 170 g/mol. The Labute approximate surface area is 78.7 Å². The van der Waals surface area contributed by atoms with Gasteiger partial charge >= 0.3 is 0 Å². The van der Waals surface area contributed by atoms with Crippen LogP contribution in [0.25, 0.3) is 0 Å². The molecule has 0 bridgehead atoms. The molecule has 0 radical (unpaired) electrons. The van der Waals surface area contributed by atoms with Gasteiger partial charge in [-0.2, -0.15) is 4.99 Å². The van der Waals surface area contributed by atoms with Gasteiger partial charge in [0.25, 0.3) is 5.91 Å². The molecule has 0 aliphatic rings. The zero-order valence-electron chi connectivity index (χ0n) is 8.41. The van der Waals surface area contributed by atoms with Gasteiger partial charge in [-0.1, -0.05) is 0 Å². The van der Waals surface area contributed by atoms with Crippen LogP contribution in [0, 0.1) is 0 Å². The molecule has 0 unspecified atom stereocenters. The number of hydrogen-bond donors (Lipinski definition) is 1. The maximum Gasteiger partial charge on any atom is 0.279 e. The Hall–Kier alpha value is -0.740. The van der Waals surface area contributed by atoms with Crippen molar-refractivity contribution in [3.63, 3.8) is 0 Å². The lowest BCUT2D eigenvalue weighted by atomic mass is 10.3. The van der Waals surface area contributed by atoms with E-state index in [1.165, 1.54) is 14.2 Å². The number of nitrogens with two attached hydrogens (primary N) is 1. The molecule has 0 spiro atoms. The SMILES string of the molecule is CCN=C=NC(CCN)(OC)OC. The first kappa shape index (κ1) is 12.3. The summed E-state index contributed by atoms with van der Waals surface area (Å²) in [6.07, 6.45) is 0.478. The van der Waals surface area contributed by atoms with Crippen molar-refractivity contribution in [2.75, 3.05) is 27.3 Å². The van der Waals surface area contributed by atoms with E-state index in [9.17, 15) is 0 Å². The van der Waals surface area contributed by atoms with Crippen molar-refractivity contribution >= 4 is 6.01 Å². The highest BCUT2D eigenvalue weighted by atomic mass is 16.7. The lowest BCUT2D eigenvalue weighted by Gasteiger charge is -2.23. The second-order valence-corrected chi connectivity index (χ2v) is 2.35. The van der Waals surface area contributed by atoms with Crippen LogP contribution in [-0.4, -0.2) is 39.2 Å². The van der Waals surface area contributed by atoms with Gasteiger partial charge in [0.15, 0.2) is 0 Å². The third-order valence-electron chi connectivity index (χ3n) is 1.55. The summed E-state index contributed by atoms with van der Waals surface area (Å²) in [5.74, 6) is -1.02. The average Bonchev–Trinajstić information content (AvgIpc) is 2.17. The Morgan fingerprint density at radius 2 is 2.00 bits per heavy atom. The minimum Gasteiger partial charge on any atom is -0.334 e. The predicted molar refractivity (Wildman–Crippen MR) is 50.8 cm³/mol. The standard InChI is InChI=1S/C8H17N3O2/c1-4-10-7-11-8(12-2,13-3)5-6-9/h4-6,9H2,1-3H3. The van der Waals surface area contributed by atoms with Gasteiger partial charge in [0.05, 0.1) is 6.01 Å². The van der Waals surface area contributed by atoms with E-state index in [2.05, 4.69) is 16.0 Å². The van der Waals surface area contributed by atoms with Crippen LogP contribution in [0.15, 0.2) is 9.98 Å². The summed E-state index contributed by atoms with van der Waals surface area (Å²) in [6.45, 7) is 2.96.